The van der Waals surface area contributed by atoms with Crippen molar-refractivity contribution in [1.29, 1.82) is 0 Å². The minimum atomic E-state index is -0.0324. The molecule has 0 N–H and O–H groups in total. The van der Waals surface area contributed by atoms with Crippen molar-refractivity contribution < 1.29 is 9.53 Å². The highest BCUT2D eigenvalue weighted by atomic mass is 16.5. The minimum absolute atomic E-state index is 0.0150. The number of pyridine rings is 2. The van der Waals surface area contributed by atoms with Gasteiger partial charge in [0.2, 0.25) is 0 Å². The molecule has 5 heteroatoms. The molecule has 0 saturated carbocycles. The Balaban J connectivity index is 2.00. The summed E-state index contributed by atoms with van der Waals surface area (Å²) in [6.45, 7) is 4.69. The van der Waals surface area contributed by atoms with E-state index >= 15 is 0 Å². The van der Waals surface area contributed by atoms with Gasteiger partial charge in [0.1, 0.15) is 5.75 Å². The number of rotatable bonds is 7. The average molecular weight is 299 g/mol. The number of nitrogens with zero attached hydrogens (tertiary/aromatic N) is 3. The van der Waals surface area contributed by atoms with Gasteiger partial charge in [0.25, 0.3) is 5.91 Å². The molecule has 0 fully saturated rings. The van der Waals surface area contributed by atoms with Crippen LogP contribution in [-0.4, -0.2) is 33.4 Å². The van der Waals surface area contributed by atoms with Gasteiger partial charge in [0, 0.05) is 31.2 Å². The second-order valence-corrected chi connectivity index (χ2v) is 5.11. The van der Waals surface area contributed by atoms with Crippen LogP contribution in [-0.2, 0) is 11.3 Å². The first-order chi connectivity index (χ1) is 10.7. The van der Waals surface area contributed by atoms with Crippen LogP contribution < -0.4 is 4.74 Å². The minimum Gasteiger partial charge on any atom is -0.482 e. The molecule has 0 unspecified atom stereocenters. The van der Waals surface area contributed by atoms with E-state index in [1.165, 1.54) is 0 Å². The van der Waals surface area contributed by atoms with Gasteiger partial charge in [-0.15, -0.1) is 0 Å². The third-order valence-corrected chi connectivity index (χ3v) is 3.54. The second-order valence-electron chi connectivity index (χ2n) is 5.11. The fraction of sp³-hybridized carbons (Fsp3) is 0.353. The summed E-state index contributed by atoms with van der Waals surface area (Å²) in [4.78, 5) is 22.3. The van der Waals surface area contributed by atoms with Gasteiger partial charge >= 0.3 is 0 Å². The molecule has 5 nitrogen and oxygen atoms in total. The highest BCUT2D eigenvalue weighted by Gasteiger charge is 2.19. The Morgan fingerprint density at radius 1 is 1.23 bits per heavy atom. The Kier molecular flexibility index (Phi) is 5.89. The van der Waals surface area contributed by atoms with Gasteiger partial charge in [0.15, 0.2) is 6.61 Å². The maximum absolute atomic E-state index is 12.5. The summed E-state index contributed by atoms with van der Waals surface area (Å²) < 4.78 is 5.52. The Bertz CT molecular complexity index is 575. The van der Waals surface area contributed by atoms with Crippen LogP contribution in [0, 0.1) is 0 Å². The first-order valence-electron chi connectivity index (χ1n) is 7.42. The normalized spacial score (nSPS) is 11.7. The molecule has 116 valence electrons. The Hall–Kier alpha value is -2.43. The van der Waals surface area contributed by atoms with Crippen molar-refractivity contribution in [2.75, 3.05) is 6.61 Å². The predicted molar refractivity (Wildman–Crippen MR) is 84.3 cm³/mol. The summed E-state index contributed by atoms with van der Waals surface area (Å²) in [5, 5.41) is 0. The number of hydrogen-bond donors (Lipinski definition) is 0. The maximum atomic E-state index is 12.5. The van der Waals surface area contributed by atoms with Gasteiger partial charge in [-0.25, -0.2) is 0 Å². The molecular weight excluding hydrogens is 278 g/mol. The summed E-state index contributed by atoms with van der Waals surface area (Å²) in [5.41, 5.74) is 1.06. The van der Waals surface area contributed by atoms with Crippen LogP contribution in [0.4, 0.5) is 0 Å². The molecule has 0 aromatic carbocycles. The van der Waals surface area contributed by atoms with E-state index in [4.69, 9.17) is 4.74 Å². The number of amides is 1. The van der Waals surface area contributed by atoms with Crippen molar-refractivity contribution in [3.63, 3.8) is 0 Å². The molecule has 0 aliphatic heterocycles. The van der Waals surface area contributed by atoms with Crippen LogP contribution in [0.5, 0.6) is 5.75 Å². The van der Waals surface area contributed by atoms with Crippen molar-refractivity contribution in [1.82, 2.24) is 14.9 Å². The number of aromatic nitrogens is 2. The third-order valence-electron chi connectivity index (χ3n) is 3.54. The lowest BCUT2D eigenvalue weighted by molar-refractivity contribution is -0.136. The molecule has 22 heavy (non-hydrogen) atoms. The van der Waals surface area contributed by atoms with Gasteiger partial charge < -0.3 is 9.64 Å². The molecule has 0 radical (unpaired) electrons. The van der Waals surface area contributed by atoms with Crippen LogP contribution in [0.25, 0.3) is 0 Å². The van der Waals surface area contributed by atoms with Gasteiger partial charge in [-0.1, -0.05) is 6.92 Å². The topological polar surface area (TPSA) is 55.3 Å². The van der Waals surface area contributed by atoms with Crippen molar-refractivity contribution in [3.05, 3.63) is 54.6 Å². The van der Waals surface area contributed by atoms with E-state index in [2.05, 4.69) is 16.9 Å². The third kappa shape index (κ3) is 4.55. The fourth-order valence-electron chi connectivity index (χ4n) is 2.06. The number of ether oxygens (including phenoxy) is 1. The Morgan fingerprint density at radius 3 is 2.64 bits per heavy atom. The lowest BCUT2D eigenvalue weighted by Crippen LogP contribution is -2.40. The van der Waals surface area contributed by atoms with E-state index in [0.29, 0.717) is 12.3 Å². The molecule has 0 aliphatic carbocycles. The molecular formula is C17H21N3O2. The fourth-order valence-corrected chi connectivity index (χ4v) is 2.06. The Morgan fingerprint density at radius 2 is 2.00 bits per heavy atom. The van der Waals surface area contributed by atoms with E-state index < -0.39 is 0 Å². The zero-order chi connectivity index (χ0) is 15.8. The molecule has 2 aromatic heterocycles. The zero-order valence-electron chi connectivity index (χ0n) is 13.0. The molecule has 2 heterocycles. The zero-order valence-corrected chi connectivity index (χ0v) is 13.0. The smallest absolute Gasteiger partial charge is 0.261 e. The van der Waals surface area contributed by atoms with Crippen molar-refractivity contribution in [3.8, 4) is 5.75 Å². The molecule has 2 rings (SSSR count). The standard InChI is InChI=1S/C17H21N3O2/c1-3-14(2)20(12-15-6-9-18-10-7-15)17(21)13-22-16-5-4-8-19-11-16/h4-11,14H,3,12-13H2,1-2H3/t14-/m1/s1. The lowest BCUT2D eigenvalue weighted by Gasteiger charge is -2.28. The van der Waals surface area contributed by atoms with E-state index in [9.17, 15) is 4.79 Å². The van der Waals surface area contributed by atoms with Gasteiger partial charge in [-0.3, -0.25) is 14.8 Å². The van der Waals surface area contributed by atoms with E-state index in [1.54, 1.807) is 36.9 Å². The van der Waals surface area contributed by atoms with E-state index in [1.807, 2.05) is 24.0 Å². The van der Waals surface area contributed by atoms with Gasteiger partial charge in [0.05, 0.1) is 6.20 Å². The molecule has 0 aliphatic rings. The van der Waals surface area contributed by atoms with Crippen LogP contribution in [0.15, 0.2) is 49.1 Å². The van der Waals surface area contributed by atoms with Crippen molar-refractivity contribution in [2.24, 2.45) is 0 Å². The van der Waals surface area contributed by atoms with E-state index in [0.717, 1.165) is 12.0 Å². The Labute approximate surface area is 131 Å². The molecule has 2 aromatic rings. The molecule has 1 atom stereocenters. The second kappa shape index (κ2) is 8.12. The van der Waals surface area contributed by atoms with Crippen LogP contribution in [0.1, 0.15) is 25.8 Å². The molecule has 0 saturated heterocycles. The summed E-state index contributed by atoms with van der Waals surface area (Å²) in [6, 6.07) is 7.56. The SMILES string of the molecule is CC[C@@H](C)N(Cc1ccncc1)C(=O)COc1cccnc1. The van der Waals surface area contributed by atoms with Crippen LogP contribution >= 0.6 is 0 Å². The van der Waals surface area contributed by atoms with Crippen molar-refractivity contribution in [2.45, 2.75) is 32.9 Å². The number of hydrogen-bond acceptors (Lipinski definition) is 4. The number of carbonyl (C=O) groups excluding carboxylic acids is 1. The molecule has 1 amide bonds. The van der Waals surface area contributed by atoms with Crippen LogP contribution in [0.2, 0.25) is 0 Å². The van der Waals surface area contributed by atoms with Crippen LogP contribution in [0.3, 0.4) is 0 Å². The van der Waals surface area contributed by atoms with Gasteiger partial charge in [-0.2, -0.15) is 0 Å². The van der Waals surface area contributed by atoms with Crippen molar-refractivity contribution >= 4 is 5.91 Å². The molecule has 0 bridgehead atoms. The summed E-state index contributed by atoms with van der Waals surface area (Å²) in [7, 11) is 0. The summed E-state index contributed by atoms with van der Waals surface area (Å²) in [6.07, 6.45) is 7.64. The predicted octanol–water partition coefficient (Wildman–Crippen LogP) is 2.68. The monoisotopic (exact) mass is 299 g/mol. The van der Waals surface area contributed by atoms with E-state index in [-0.39, 0.29) is 18.6 Å². The summed E-state index contributed by atoms with van der Waals surface area (Å²) in [5.74, 6) is 0.568. The molecule has 0 spiro atoms. The largest absolute Gasteiger partial charge is 0.482 e. The average Bonchev–Trinajstić information content (AvgIpc) is 2.58. The first kappa shape index (κ1) is 15.9. The quantitative estimate of drug-likeness (QED) is 0.789. The highest BCUT2D eigenvalue weighted by molar-refractivity contribution is 5.78. The van der Waals surface area contributed by atoms with Gasteiger partial charge in [-0.05, 0) is 43.2 Å². The maximum Gasteiger partial charge on any atom is 0.261 e. The summed E-state index contributed by atoms with van der Waals surface area (Å²) >= 11 is 0. The number of carbonyl (C=O) groups is 1. The highest BCUT2D eigenvalue weighted by Crippen LogP contribution is 2.12. The first-order valence-corrected chi connectivity index (χ1v) is 7.42. The lowest BCUT2D eigenvalue weighted by atomic mass is 10.1.